The molecule has 1 aliphatic rings. The average molecular weight is 495 g/mol. The predicted octanol–water partition coefficient (Wildman–Crippen LogP) is 7.01. The third-order valence-corrected chi connectivity index (χ3v) is 6.97. The van der Waals surface area contributed by atoms with E-state index in [4.69, 9.17) is 23.2 Å². The number of fused-ring (bicyclic) bond motifs is 2. The maximum Gasteiger partial charge on any atom is 0.128 e. The first-order valence-corrected chi connectivity index (χ1v) is 12.4. The molecule has 176 valence electrons. The van der Waals surface area contributed by atoms with Crippen LogP contribution in [0.3, 0.4) is 0 Å². The normalized spacial score (nSPS) is 18.1. The summed E-state index contributed by atoms with van der Waals surface area (Å²) in [4.78, 5) is 9.29. The summed E-state index contributed by atoms with van der Waals surface area (Å²) in [7, 11) is 3.77. The number of halogens is 2. The van der Waals surface area contributed by atoms with Crippen LogP contribution < -0.4 is 21.3 Å². The number of nitrogens with zero attached hydrogens (tertiary/aromatic N) is 2. The molecule has 0 unspecified atom stereocenters. The molecule has 0 aliphatic heterocycles. The molecule has 2 heterocycles. The Morgan fingerprint density at radius 1 is 0.647 bits per heavy atom. The second-order valence-electron chi connectivity index (χ2n) is 8.77. The Bertz CT molecular complexity index is 1230. The molecular formula is C26H28Cl2N6. The number of hydrogen-bond donors (Lipinski definition) is 4. The van der Waals surface area contributed by atoms with E-state index in [-0.39, 0.29) is 0 Å². The van der Waals surface area contributed by atoms with E-state index in [1.54, 1.807) is 0 Å². The van der Waals surface area contributed by atoms with Crippen LogP contribution in [0.1, 0.15) is 25.7 Å². The van der Waals surface area contributed by atoms with Gasteiger partial charge in [0, 0.05) is 70.5 Å². The van der Waals surface area contributed by atoms with Crippen LogP contribution in [0.25, 0.3) is 21.8 Å². The lowest BCUT2D eigenvalue weighted by atomic mass is 9.90. The van der Waals surface area contributed by atoms with E-state index >= 15 is 0 Å². The minimum atomic E-state index is 0.407. The first-order chi connectivity index (χ1) is 16.5. The highest BCUT2D eigenvalue weighted by Gasteiger charge is 2.22. The number of anilines is 4. The molecule has 1 aliphatic carbocycles. The van der Waals surface area contributed by atoms with Gasteiger partial charge in [0.15, 0.2) is 0 Å². The van der Waals surface area contributed by atoms with Crippen molar-refractivity contribution in [2.75, 3.05) is 35.4 Å². The summed E-state index contributed by atoms with van der Waals surface area (Å²) in [5, 5.41) is 17.4. The van der Waals surface area contributed by atoms with Crippen molar-refractivity contribution in [1.82, 2.24) is 9.97 Å². The summed E-state index contributed by atoms with van der Waals surface area (Å²) in [5.41, 5.74) is 3.97. The molecule has 0 bridgehead atoms. The average Bonchev–Trinajstić information content (AvgIpc) is 2.84. The number of hydrogen-bond acceptors (Lipinski definition) is 6. The van der Waals surface area contributed by atoms with E-state index in [0.29, 0.717) is 22.1 Å². The summed E-state index contributed by atoms with van der Waals surface area (Å²) in [5.74, 6) is 1.66. The molecule has 1 saturated carbocycles. The molecule has 8 heteroatoms. The Labute approximate surface area is 209 Å². The quantitative estimate of drug-likeness (QED) is 0.231. The Balaban J connectivity index is 1.30. The van der Waals surface area contributed by atoms with Crippen LogP contribution in [0, 0.1) is 0 Å². The fraction of sp³-hybridized carbons (Fsp3) is 0.308. The van der Waals surface area contributed by atoms with Crippen molar-refractivity contribution in [2.24, 2.45) is 0 Å². The smallest absolute Gasteiger partial charge is 0.128 e. The van der Waals surface area contributed by atoms with Crippen LogP contribution in [0.15, 0.2) is 48.5 Å². The highest BCUT2D eigenvalue weighted by Crippen LogP contribution is 2.33. The van der Waals surface area contributed by atoms with Crippen LogP contribution in [0.4, 0.5) is 23.0 Å². The molecule has 4 N–H and O–H groups in total. The number of rotatable bonds is 6. The fourth-order valence-electron chi connectivity index (χ4n) is 4.72. The molecule has 34 heavy (non-hydrogen) atoms. The number of aromatic nitrogens is 2. The van der Waals surface area contributed by atoms with Gasteiger partial charge in [-0.05, 0) is 62.1 Å². The van der Waals surface area contributed by atoms with Crippen LogP contribution in [-0.4, -0.2) is 36.1 Å². The van der Waals surface area contributed by atoms with Gasteiger partial charge in [-0.3, -0.25) is 0 Å². The molecule has 0 atom stereocenters. The maximum atomic E-state index is 6.20. The monoisotopic (exact) mass is 494 g/mol. The van der Waals surface area contributed by atoms with Gasteiger partial charge >= 0.3 is 0 Å². The van der Waals surface area contributed by atoms with Crippen molar-refractivity contribution >= 4 is 68.0 Å². The first-order valence-electron chi connectivity index (χ1n) is 11.6. The Kier molecular flexibility index (Phi) is 6.53. The second kappa shape index (κ2) is 9.72. The lowest BCUT2D eigenvalue weighted by Crippen LogP contribution is -2.32. The molecular weight excluding hydrogens is 467 g/mol. The van der Waals surface area contributed by atoms with Crippen molar-refractivity contribution in [3.05, 3.63) is 58.6 Å². The second-order valence-corrected chi connectivity index (χ2v) is 9.64. The highest BCUT2D eigenvalue weighted by atomic mass is 35.5. The van der Waals surface area contributed by atoms with E-state index in [1.807, 2.05) is 50.5 Å². The van der Waals surface area contributed by atoms with Crippen molar-refractivity contribution in [3.8, 4) is 0 Å². The molecule has 0 saturated heterocycles. The van der Waals surface area contributed by atoms with Gasteiger partial charge in [0.2, 0.25) is 0 Å². The van der Waals surface area contributed by atoms with Gasteiger partial charge in [0.25, 0.3) is 0 Å². The van der Waals surface area contributed by atoms with Crippen molar-refractivity contribution in [3.63, 3.8) is 0 Å². The summed E-state index contributed by atoms with van der Waals surface area (Å²) in [6.45, 7) is 0. The minimum Gasteiger partial charge on any atom is -0.382 e. The van der Waals surface area contributed by atoms with Crippen molar-refractivity contribution < 1.29 is 0 Å². The van der Waals surface area contributed by atoms with Gasteiger partial charge in [0.05, 0.1) is 11.0 Å². The third kappa shape index (κ3) is 4.79. The summed E-state index contributed by atoms with van der Waals surface area (Å²) in [6.07, 6.45) is 4.32. The van der Waals surface area contributed by atoms with Gasteiger partial charge in [-0.15, -0.1) is 0 Å². The van der Waals surface area contributed by atoms with E-state index in [1.165, 1.54) is 0 Å². The molecule has 6 nitrogen and oxygen atoms in total. The molecule has 2 aromatic heterocycles. The SMILES string of the molecule is CNc1cc(NC2CCC(Nc3cc(NC)nc4cc(Cl)ccc34)CC2)c2ccc(Cl)cc2n1. The van der Waals surface area contributed by atoms with Crippen molar-refractivity contribution in [1.29, 1.82) is 0 Å². The lowest BCUT2D eigenvalue weighted by Gasteiger charge is -2.31. The summed E-state index contributed by atoms with van der Waals surface area (Å²) in [6, 6.07) is 16.7. The van der Waals surface area contributed by atoms with E-state index in [2.05, 4.69) is 43.4 Å². The zero-order valence-corrected chi connectivity index (χ0v) is 20.8. The van der Waals surface area contributed by atoms with Crippen LogP contribution in [0.5, 0.6) is 0 Å². The largest absolute Gasteiger partial charge is 0.382 e. The van der Waals surface area contributed by atoms with E-state index < -0.39 is 0 Å². The molecule has 0 amide bonds. The minimum absolute atomic E-state index is 0.407. The first kappa shape index (κ1) is 22.8. The number of pyridine rings is 2. The number of nitrogens with one attached hydrogen (secondary N) is 4. The lowest BCUT2D eigenvalue weighted by molar-refractivity contribution is 0.429. The van der Waals surface area contributed by atoms with Gasteiger partial charge in [-0.25, -0.2) is 9.97 Å². The zero-order chi connectivity index (χ0) is 23.7. The maximum absolute atomic E-state index is 6.20. The zero-order valence-electron chi connectivity index (χ0n) is 19.3. The summed E-state index contributed by atoms with van der Waals surface area (Å²) >= 11 is 12.4. The molecule has 1 fully saturated rings. The molecule has 2 aromatic carbocycles. The van der Waals surface area contributed by atoms with Crippen LogP contribution >= 0.6 is 23.2 Å². The van der Waals surface area contributed by atoms with E-state index in [0.717, 1.165) is 70.5 Å². The molecule has 0 radical (unpaired) electrons. The highest BCUT2D eigenvalue weighted by molar-refractivity contribution is 6.31. The third-order valence-electron chi connectivity index (χ3n) is 6.50. The van der Waals surface area contributed by atoms with Crippen LogP contribution in [-0.2, 0) is 0 Å². The number of benzene rings is 2. The van der Waals surface area contributed by atoms with Gasteiger partial charge < -0.3 is 21.3 Å². The Hall–Kier alpha value is -2.96. The Morgan fingerprint density at radius 3 is 1.44 bits per heavy atom. The summed E-state index contributed by atoms with van der Waals surface area (Å²) < 4.78 is 0. The van der Waals surface area contributed by atoms with Gasteiger partial charge in [-0.2, -0.15) is 0 Å². The molecule has 5 rings (SSSR count). The standard InChI is InChI=1S/C26H28Cl2N6/c1-29-25-13-23(19-9-3-15(27)11-21(19)33-25)31-17-5-7-18(8-6-17)32-24-14-26(30-2)34-22-12-16(28)4-10-20(22)24/h3-4,9-14,17-18H,5-8H2,1-2H3,(H2,29,31,33)(H2,30,32,34). The van der Waals surface area contributed by atoms with Crippen molar-refractivity contribution in [2.45, 2.75) is 37.8 Å². The van der Waals surface area contributed by atoms with Gasteiger partial charge in [-0.1, -0.05) is 23.2 Å². The fourth-order valence-corrected chi connectivity index (χ4v) is 5.05. The van der Waals surface area contributed by atoms with Gasteiger partial charge in [0.1, 0.15) is 11.6 Å². The molecule has 4 aromatic rings. The topological polar surface area (TPSA) is 73.9 Å². The van der Waals surface area contributed by atoms with E-state index in [9.17, 15) is 0 Å². The Morgan fingerprint density at radius 2 is 1.06 bits per heavy atom. The predicted molar refractivity (Wildman–Crippen MR) is 146 cm³/mol. The van der Waals surface area contributed by atoms with Crippen LogP contribution in [0.2, 0.25) is 10.0 Å². The molecule has 0 spiro atoms.